The van der Waals surface area contributed by atoms with E-state index in [-0.39, 0.29) is 11.5 Å². The molecule has 1 aromatic heterocycles. The topological polar surface area (TPSA) is 89.1 Å². The molecular formula is C18H13BrN2O4. The summed E-state index contributed by atoms with van der Waals surface area (Å²) in [5.41, 5.74) is -0.000390. The van der Waals surface area contributed by atoms with Crippen molar-refractivity contribution in [1.29, 1.82) is 0 Å². The van der Waals surface area contributed by atoms with Crippen molar-refractivity contribution in [3.63, 3.8) is 0 Å². The number of Topliss-reactive ketones (excluding diaryl/α,β-unsaturated/α-hetero) is 1. The standard InChI is InChI=1S/C18H13BrN2O4/c1-10(16(22)11-6-8-12(19)9-7-11)25-18(24)15-13-4-2-3-5-14(13)17(23)21-20-15/h2-10H,1H3,(H,21,23)/t10-/m1/s1. The number of hydrogen-bond acceptors (Lipinski definition) is 5. The fourth-order valence-corrected chi connectivity index (χ4v) is 2.65. The Kier molecular flexibility index (Phi) is 4.76. The van der Waals surface area contributed by atoms with Crippen LogP contribution in [0.1, 0.15) is 27.8 Å². The van der Waals surface area contributed by atoms with Crippen molar-refractivity contribution < 1.29 is 14.3 Å². The van der Waals surface area contributed by atoms with Gasteiger partial charge in [0, 0.05) is 15.4 Å². The van der Waals surface area contributed by atoms with Crippen LogP contribution in [-0.2, 0) is 4.74 Å². The fourth-order valence-electron chi connectivity index (χ4n) is 2.39. The van der Waals surface area contributed by atoms with E-state index in [0.717, 1.165) is 4.47 Å². The molecular weight excluding hydrogens is 388 g/mol. The first kappa shape index (κ1) is 17.0. The number of halogens is 1. The highest BCUT2D eigenvalue weighted by molar-refractivity contribution is 9.10. The van der Waals surface area contributed by atoms with Gasteiger partial charge in [-0.3, -0.25) is 9.59 Å². The maximum atomic E-state index is 12.4. The molecule has 0 unspecified atom stereocenters. The van der Waals surface area contributed by atoms with E-state index in [0.29, 0.717) is 16.3 Å². The Morgan fingerprint density at radius 3 is 2.40 bits per heavy atom. The number of fused-ring (bicyclic) bond motifs is 1. The van der Waals surface area contributed by atoms with Gasteiger partial charge in [-0.05, 0) is 25.1 Å². The molecule has 0 amide bonds. The number of carbonyl (C=O) groups is 2. The lowest BCUT2D eigenvalue weighted by atomic mass is 10.1. The summed E-state index contributed by atoms with van der Waals surface area (Å²) in [6.07, 6.45) is -0.985. The number of aromatic nitrogens is 2. The fraction of sp³-hybridized carbons (Fsp3) is 0.111. The molecule has 25 heavy (non-hydrogen) atoms. The number of H-pyrrole nitrogens is 1. The Hall–Kier alpha value is -2.80. The van der Waals surface area contributed by atoms with Crippen LogP contribution in [0.3, 0.4) is 0 Å². The van der Waals surface area contributed by atoms with Crippen LogP contribution < -0.4 is 5.56 Å². The van der Waals surface area contributed by atoms with Crippen LogP contribution in [-0.4, -0.2) is 28.1 Å². The highest BCUT2D eigenvalue weighted by Crippen LogP contribution is 2.16. The predicted octanol–water partition coefficient (Wildman–Crippen LogP) is 3.11. The van der Waals surface area contributed by atoms with Gasteiger partial charge in [-0.1, -0.05) is 46.3 Å². The summed E-state index contributed by atoms with van der Waals surface area (Å²) in [5.74, 6) is -1.10. The summed E-state index contributed by atoms with van der Waals surface area (Å²) in [7, 11) is 0. The van der Waals surface area contributed by atoms with Crippen LogP contribution in [0.4, 0.5) is 0 Å². The van der Waals surface area contributed by atoms with Gasteiger partial charge in [0.25, 0.3) is 5.56 Å². The zero-order chi connectivity index (χ0) is 18.0. The maximum absolute atomic E-state index is 12.4. The van der Waals surface area contributed by atoms with E-state index < -0.39 is 17.6 Å². The van der Waals surface area contributed by atoms with E-state index in [2.05, 4.69) is 26.1 Å². The molecule has 0 bridgehead atoms. The van der Waals surface area contributed by atoms with Crippen LogP contribution in [0.2, 0.25) is 0 Å². The first-order chi connectivity index (χ1) is 12.0. The number of rotatable bonds is 4. The summed E-state index contributed by atoms with van der Waals surface area (Å²) in [5, 5.41) is 6.75. The molecule has 6 nitrogen and oxygen atoms in total. The number of hydrogen-bond donors (Lipinski definition) is 1. The average molecular weight is 401 g/mol. The van der Waals surface area contributed by atoms with Crippen molar-refractivity contribution in [2.75, 3.05) is 0 Å². The van der Waals surface area contributed by atoms with E-state index in [1.54, 1.807) is 48.5 Å². The molecule has 0 fully saturated rings. The zero-order valence-corrected chi connectivity index (χ0v) is 14.7. The van der Waals surface area contributed by atoms with Crippen LogP contribution in [0.5, 0.6) is 0 Å². The number of aromatic amines is 1. The second-order valence-electron chi connectivity index (χ2n) is 5.37. The number of nitrogens with one attached hydrogen (secondary N) is 1. The molecule has 0 radical (unpaired) electrons. The van der Waals surface area contributed by atoms with Crippen molar-refractivity contribution in [2.24, 2.45) is 0 Å². The zero-order valence-electron chi connectivity index (χ0n) is 13.2. The highest BCUT2D eigenvalue weighted by atomic mass is 79.9. The molecule has 7 heteroatoms. The third-order valence-corrected chi connectivity index (χ3v) is 4.20. The number of ketones is 1. The van der Waals surface area contributed by atoms with Crippen LogP contribution >= 0.6 is 15.9 Å². The van der Waals surface area contributed by atoms with Crippen molar-refractivity contribution in [1.82, 2.24) is 10.2 Å². The van der Waals surface area contributed by atoms with Gasteiger partial charge < -0.3 is 4.74 Å². The van der Waals surface area contributed by atoms with Gasteiger partial charge in [0.05, 0.1) is 5.39 Å². The van der Waals surface area contributed by atoms with Gasteiger partial charge in [0.1, 0.15) is 0 Å². The quantitative estimate of drug-likeness (QED) is 0.536. The molecule has 0 aliphatic carbocycles. The number of esters is 1. The Bertz CT molecular complexity index is 1010. The predicted molar refractivity (Wildman–Crippen MR) is 95.7 cm³/mol. The Balaban J connectivity index is 1.85. The number of benzene rings is 2. The van der Waals surface area contributed by atoms with Crippen LogP contribution in [0, 0.1) is 0 Å². The molecule has 3 rings (SSSR count). The average Bonchev–Trinajstić information content (AvgIpc) is 2.62. The van der Waals surface area contributed by atoms with E-state index >= 15 is 0 Å². The van der Waals surface area contributed by atoms with Gasteiger partial charge >= 0.3 is 5.97 Å². The van der Waals surface area contributed by atoms with Crippen molar-refractivity contribution >= 4 is 38.5 Å². The van der Waals surface area contributed by atoms with Crippen LogP contribution in [0.15, 0.2) is 57.8 Å². The monoisotopic (exact) mass is 400 g/mol. The first-order valence-corrected chi connectivity index (χ1v) is 8.25. The molecule has 0 saturated carbocycles. The lowest BCUT2D eigenvalue weighted by Crippen LogP contribution is -2.26. The maximum Gasteiger partial charge on any atom is 0.360 e. The van der Waals surface area contributed by atoms with Crippen LogP contribution in [0.25, 0.3) is 10.8 Å². The lowest BCUT2D eigenvalue weighted by molar-refractivity contribution is 0.0314. The minimum Gasteiger partial charge on any atom is -0.449 e. The molecule has 126 valence electrons. The molecule has 0 aliphatic rings. The summed E-state index contributed by atoms with van der Waals surface area (Å²) in [6.45, 7) is 1.50. The van der Waals surface area contributed by atoms with Gasteiger partial charge in [-0.25, -0.2) is 9.89 Å². The van der Waals surface area contributed by atoms with Gasteiger partial charge in [0.2, 0.25) is 5.78 Å². The van der Waals surface area contributed by atoms with Crippen molar-refractivity contribution in [2.45, 2.75) is 13.0 Å². The Morgan fingerprint density at radius 1 is 1.08 bits per heavy atom. The highest BCUT2D eigenvalue weighted by Gasteiger charge is 2.23. The smallest absolute Gasteiger partial charge is 0.360 e. The summed E-state index contributed by atoms with van der Waals surface area (Å²) < 4.78 is 6.09. The molecule has 1 heterocycles. The summed E-state index contributed by atoms with van der Waals surface area (Å²) >= 11 is 3.30. The molecule has 3 aromatic rings. The van der Waals surface area contributed by atoms with Crippen molar-refractivity contribution in [3.8, 4) is 0 Å². The van der Waals surface area contributed by atoms with Gasteiger partial charge in [-0.2, -0.15) is 5.10 Å². The second-order valence-corrected chi connectivity index (χ2v) is 6.28. The van der Waals surface area contributed by atoms with Gasteiger partial charge in [0.15, 0.2) is 11.8 Å². The molecule has 1 atom stereocenters. The molecule has 0 spiro atoms. The normalized spacial score (nSPS) is 11.9. The first-order valence-electron chi connectivity index (χ1n) is 7.45. The molecule has 2 aromatic carbocycles. The Morgan fingerprint density at radius 2 is 1.72 bits per heavy atom. The van der Waals surface area contributed by atoms with Crippen molar-refractivity contribution in [3.05, 3.63) is 74.6 Å². The summed E-state index contributed by atoms with van der Waals surface area (Å²) in [4.78, 5) is 36.5. The Labute approximate surface area is 151 Å². The van der Waals surface area contributed by atoms with E-state index in [1.165, 1.54) is 6.92 Å². The molecule has 1 N–H and O–H groups in total. The minimum atomic E-state index is -0.985. The summed E-state index contributed by atoms with van der Waals surface area (Å²) in [6, 6.07) is 13.3. The van der Waals surface area contributed by atoms with Gasteiger partial charge in [-0.15, -0.1) is 0 Å². The number of ether oxygens (including phenoxy) is 1. The SMILES string of the molecule is C[C@@H](OC(=O)c1n[nH]c(=O)c2ccccc12)C(=O)c1ccc(Br)cc1. The second kappa shape index (κ2) is 6.98. The van der Waals surface area contributed by atoms with E-state index in [1.807, 2.05) is 0 Å². The van der Waals surface area contributed by atoms with E-state index in [4.69, 9.17) is 4.74 Å². The van der Waals surface area contributed by atoms with E-state index in [9.17, 15) is 14.4 Å². The lowest BCUT2D eigenvalue weighted by Gasteiger charge is -2.12. The number of carbonyl (C=O) groups excluding carboxylic acids is 2. The third kappa shape index (κ3) is 3.51. The molecule has 0 aliphatic heterocycles. The molecule has 0 saturated heterocycles. The largest absolute Gasteiger partial charge is 0.449 e. The minimum absolute atomic E-state index is 0.0364. The third-order valence-electron chi connectivity index (χ3n) is 3.67. The number of nitrogens with zero attached hydrogens (tertiary/aromatic N) is 1.